The van der Waals surface area contributed by atoms with E-state index in [9.17, 15) is 0 Å². The van der Waals surface area contributed by atoms with Gasteiger partial charge in [-0.2, -0.15) is 0 Å². The van der Waals surface area contributed by atoms with Crippen LogP contribution < -0.4 is 10.1 Å². The maximum Gasteiger partial charge on any atom is 0.143 e. The number of ether oxygens (including phenoxy) is 1. The molecule has 19 heavy (non-hydrogen) atoms. The van der Waals surface area contributed by atoms with Gasteiger partial charge in [0.25, 0.3) is 0 Å². The van der Waals surface area contributed by atoms with Crippen molar-refractivity contribution in [2.24, 2.45) is 7.05 Å². The molecule has 1 saturated heterocycles. The molecule has 4 heteroatoms. The Labute approximate surface area is 122 Å². The highest BCUT2D eigenvalue weighted by molar-refractivity contribution is 9.10. The minimum Gasteiger partial charge on any atom is -0.495 e. The number of nitrogens with zero attached hydrogens (tertiary/aromatic N) is 1. The summed E-state index contributed by atoms with van der Waals surface area (Å²) in [6, 6.07) is 6.23. The van der Waals surface area contributed by atoms with Gasteiger partial charge in [-0.15, -0.1) is 0 Å². The predicted molar refractivity (Wildman–Crippen MR) is 82.0 cm³/mol. The summed E-state index contributed by atoms with van der Waals surface area (Å²) >= 11 is 3.80. The first-order valence-electron chi connectivity index (χ1n) is 6.75. The van der Waals surface area contributed by atoms with Crippen LogP contribution in [0.2, 0.25) is 0 Å². The largest absolute Gasteiger partial charge is 0.495 e. The van der Waals surface area contributed by atoms with Gasteiger partial charge in [-0.3, -0.25) is 0 Å². The van der Waals surface area contributed by atoms with E-state index in [4.69, 9.17) is 4.74 Å². The van der Waals surface area contributed by atoms with Crippen LogP contribution in [-0.4, -0.2) is 24.8 Å². The van der Waals surface area contributed by atoms with Gasteiger partial charge in [0.1, 0.15) is 5.75 Å². The molecule has 1 aromatic carbocycles. The molecule has 1 N–H and O–H groups in total. The topological polar surface area (TPSA) is 26.2 Å². The Bertz CT molecular complexity index is 600. The Morgan fingerprint density at radius 2 is 2.26 bits per heavy atom. The summed E-state index contributed by atoms with van der Waals surface area (Å²) < 4.78 is 9.01. The molecule has 2 aromatic rings. The van der Waals surface area contributed by atoms with Crippen molar-refractivity contribution >= 4 is 26.8 Å². The molecular formula is C15H19BrN2O. The number of nitrogens with one attached hydrogen (secondary N) is 1. The summed E-state index contributed by atoms with van der Waals surface area (Å²) in [6.07, 6.45) is 2.49. The molecule has 1 atom stereocenters. The number of methoxy groups -OCH3 is 1. The molecule has 1 aliphatic heterocycles. The third-order valence-electron chi connectivity index (χ3n) is 4.06. The molecule has 1 fully saturated rings. The molecule has 1 unspecified atom stereocenters. The number of hydrogen-bond donors (Lipinski definition) is 1. The summed E-state index contributed by atoms with van der Waals surface area (Å²) in [4.78, 5) is 0. The molecule has 1 aromatic heterocycles. The zero-order chi connectivity index (χ0) is 13.4. The van der Waals surface area contributed by atoms with Crippen molar-refractivity contribution in [2.45, 2.75) is 18.8 Å². The van der Waals surface area contributed by atoms with Gasteiger partial charge in [0, 0.05) is 35.1 Å². The standard InChI is InChI=1S/C15H19BrN2O/c1-18-14(10-5-4-8-17-9-10)13(16)11-6-3-7-12(19-2)15(11)18/h3,6-7,10,17H,4-5,8-9H2,1-2H3. The number of rotatable bonds is 2. The van der Waals surface area contributed by atoms with Gasteiger partial charge < -0.3 is 14.6 Å². The van der Waals surface area contributed by atoms with Gasteiger partial charge in [0.2, 0.25) is 0 Å². The second-order valence-electron chi connectivity index (χ2n) is 5.16. The lowest BCUT2D eigenvalue weighted by Crippen LogP contribution is -2.29. The maximum atomic E-state index is 5.51. The van der Waals surface area contributed by atoms with Crippen LogP contribution in [-0.2, 0) is 7.05 Å². The first kappa shape index (κ1) is 13.0. The van der Waals surface area contributed by atoms with Crippen molar-refractivity contribution in [3.63, 3.8) is 0 Å². The predicted octanol–water partition coefficient (Wildman–Crippen LogP) is 3.42. The lowest BCUT2D eigenvalue weighted by Gasteiger charge is -2.24. The van der Waals surface area contributed by atoms with Crippen LogP contribution >= 0.6 is 15.9 Å². The van der Waals surface area contributed by atoms with E-state index in [0.717, 1.165) is 18.8 Å². The van der Waals surface area contributed by atoms with E-state index in [1.54, 1.807) is 7.11 Å². The molecule has 0 amide bonds. The Morgan fingerprint density at radius 1 is 1.42 bits per heavy atom. The molecule has 3 rings (SSSR count). The Hall–Kier alpha value is -1.00. The number of aromatic nitrogens is 1. The van der Waals surface area contributed by atoms with Crippen molar-refractivity contribution in [1.29, 1.82) is 0 Å². The molecule has 0 saturated carbocycles. The minimum absolute atomic E-state index is 0.574. The third-order valence-corrected chi connectivity index (χ3v) is 4.89. The van der Waals surface area contributed by atoms with Crippen molar-refractivity contribution in [3.8, 4) is 5.75 Å². The van der Waals surface area contributed by atoms with E-state index in [0.29, 0.717) is 5.92 Å². The quantitative estimate of drug-likeness (QED) is 0.916. The second-order valence-corrected chi connectivity index (χ2v) is 5.95. The molecule has 102 valence electrons. The Balaban J connectivity index is 2.19. The van der Waals surface area contributed by atoms with Crippen LogP contribution in [0.25, 0.3) is 10.9 Å². The first-order valence-corrected chi connectivity index (χ1v) is 7.55. The number of para-hydroxylation sites is 1. The zero-order valence-corrected chi connectivity index (χ0v) is 13.0. The van der Waals surface area contributed by atoms with Crippen molar-refractivity contribution in [1.82, 2.24) is 9.88 Å². The van der Waals surface area contributed by atoms with Crippen LogP contribution in [0.1, 0.15) is 24.5 Å². The fourth-order valence-corrected chi connectivity index (χ4v) is 4.06. The summed E-state index contributed by atoms with van der Waals surface area (Å²) in [7, 11) is 3.87. The molecule has 1 aliphatic rings. The second kappa shape index (κ2) is 5.17. The highest BCUT2D eigenvalue weighted by Gasteiger charge is 2.24. The van der Waals surface area contributed by atoms with Gasteiger partial charge in [0.15, 0.2) is 0 Å². The van der Waals surface area contributed by atoms with Gasteiger partial charge >= 0.3 is 0 Å². The number of halogens is 1. The summed E-state index contributed by atoms with van der Waals surface area (Å²) in [5.41, 5.74) is 2.56. The summed E-state index contributed by atoms with van der Waals surface area (Å²) in [5, 5.41) is 4.73. The van der Waals surface area contributed by atoms with E-state index in [-0.39, 0.29) is 0 Å². The van der Waals surface area contributed by atoms with Crippen LogP contribution in [0, 0.1) is 0 Å². The molecule has 2 heterocycles. The van der Waals surface area contributed by atoms with Crippen molar-refractivity contribution in [3.05, 3.63) is 28.4 Å². The van der Waals surface area contributed by atoms with Gasteiger partial charge in [-0.1, -0.05) is 12.1 Å². The Kier molecular flexibility index (Phi) is 3.54. The number of aryl methyl sites for hydroxylation is 1. The van der Waals surface area contributed by atoms with Crippen molar-refractivity contribution < 1.29 is 4.74 Å². The molecule has 0 spiro atoms. The monoisotopic (exact) mass is 322 g/mol. The molecular weight excluding hydrogens is 304 g/mol. The molecule has 0 aliphatic carbocycles. The van der Waals surface area contributed by atoms with Crippen LogP contribution in [0.5, 0.6) is 5.75 Å². The first-order chi connectivity index (χ1) is 9.24. The normalized spacial score (nSPS) is 19.8. The fraction of sp³-hybridized carbons (Fsp3) is 0.467. The van der Waals surface area contributed by atoms with E-state index in [2.05, 4.69) is 45.0 Å². The average Bonchev–Trinajstić information content (AvgIpc) is 2.72. The maximum absolute atomic E-state index is 5.51. The van der Waals surface area contributed by atoms with Gasteiger partial charge in [-0.05, 0) is 41.4 Å². The van der Waals surface area contributed by atoms with E-state index < -0.39 is 0 Å². The molecule has 0 radical (unpaired) electrons. The molecule has 3 nitrogen and oxygen atoms in total. The fourth-order valence-electron chi connectivity index (χ4n) is 3.15. The van der Waals surface area contributed by atoms with E-state index in [1.165, 1.54) is 33.9 Å². The third kappa shape index (κ3) is 2.07. The van der Waals surface area contributed by atoms with E-state index >= 15 is 0 Å². The zero-order valence-electron chi connectivity index (χ0n) is 11.4. The van der Waals surface area contributed by atoms with Crippen LogP contribution in [0.4, 0.5) is 0 Å². The smallest absolute Gasteiger partial charge is 0.143 e. The van der Waals surface area contributed by atoms with Crippen LogP contribution in [0.3, 0.4) is 0 Å². The van der Waals surface area contributed by atoms with Gasteiger partial charge in [0.05, 0.1) is 12.6 Å². The lowest BCUT2D eigenvalue weighted by molar-refractivity contribution is 0.416. The van der Waals surface area contributed by atoms with Crippen molar-refractivity contribution in [2.75, 3.05) is 20.2 Å². The lowest BCUT2D eigenvalue weighted by atomic mass is 9.96. The highest BCUT2D eigenvalue weighted by atomic mass is 79.9. The van der Waals surface area contributed by atoms with Crippen LogP contribution in [0.15, 0.2) is 22.7 Å². The van der Waals surface area contributed by atoms with Gasteiger partial charge in [-0.25, -0.2) is 0 Å². The average molecular weight is 323 g/mol. The number of hydrogen-bond acceptors (Lipinski definition) is 2. The number of piperidine rings is 1. The minimum atomic E-state index is 0.574. The number of fused-ring (bicyclic) bond motifs is 1. The SMILES string of the molecule is COc1cccc2c(Br)c(C3CCCNC3)n(C)c12. The summed E-state index contributed by atoms with van der Waals surface area (Å²) in [5.74, 6) is 1.51. The summed E-state index contributed by atoms with van der Waals surface area (Å²) in [6.45, 7) is 2.20. The highest BCUT2D eigenvalue weighted by Crippen LogP contribution is 2.40. The Morgan fingerprint density at radius 3 is 2.95 bits per heavy atom. The van der Waals surface area contributed by atoms with E-state index in [1.807, 2.05) is 6.07 Å². The molecule has 0 bridgehead atoms. The number of benzene rings is 1.